The number of aryl methyl sites for hydroxylation is 1. The fraction of sp³-hybridized carbons (Fsp3) is 0.500. The normalized spacial score (nSPS) is 15.7. The van der Waals surface area contributed by atoms with Crippen LogP contribution < -0.4 is 5.32 Å². The monoisotopic (exact) mass is 327 g/mol. The zero-order valence-corrected chi connectivity index (χ0v) is 14.4. The number of amides is 1. The second-order valence-corrected chi connectivity index (χ2v) is 6.51. The molecule has 1 saturated heterocycles. The fourth-order valence-corrected chi connectivity index (χ4v) is 3.12. The summed E-state index contributed by atoms with van der Waals surface area (Å²) >= 11 is 0. The van der Waals surface area contributed by atoms with E-state index in [0.717, 1.165) is 38.2 Å². The van der Waals surface area contributed by atoms with Gasteiger partial charge in [-0.25, -0.2) is 4.68 Å². The SMILES string of the molecule is CNCCC1CCN(C(=O)c2cn(-c3ccc(C)cc3)nn2)CC1. The highest BCUT2D eigenvalue weighted by Crippen LogP contribution is 2.21. The van der Waals surface area contributed by atoms with Crippen LogP contribution in [-0.2, 0) is 0 Å². The molecule has 1 amide bonds. The minimum absolute atomic E-state index is 0.0135. The van der Waals surface area contributed by atoms with E-state index in [9.17, 15) is 4.79 Å². The van der Waals surface area contributed by atoms with Crippen LogP contribution >= 0.6 is 0 Å². The van der Waals surface area contributed by atoms with Crippen molar-refractivity contribution >= 4 is 5.91 Å². The Labute approximate surface area is 142 Å². The first kappa shape index (κ1) is 16.6. The van der Waals surface area contributed by atoms with Gasteiger partial charge in [-0.15, -0.1) is 5.10 Å². The van der Waals surface area contributed by atoms with E-state index in [1.807, 2.05) is 43.1 Å². The molecule has 0 bridgehead atoms. The minimum Gasteiger partial charge on any atom is -0.337 e. The average molecular weight is 327 g/mol. The first-order valence-corrected chi connectivity index (χ1v) is 8.60. The van der Waals surface area contributed by atoms with E-state index in [2.05, 4.69) is 15.6 Å². The molecular formula is C18H25N5O. The molecule has 1 aromatic heterocycles. The molecule has 0 atom stereocenters. The van der Waals surface area contributed by atoms with Crippen LogP contribution in [0.5, 0.6) is 0 Å². The zero-order chi connectivity index (χ0) is 16.9. The predicted octanol–water partition coefficient (Wildman–Crippen LogP) is 2.04. The predicted molar refractivity (Wildman–Crippen MR) is 93.3 cm³/mol. The molecule has 1 fully saturated rings. The summed E-state index contributed by atoms with van der Waals surface area (Å²) in [5, 5.41) is 11.4. The molecule has 128 valence electrons. The topological polar surface area (TPSA) is 63.1 Å². The molecule has 0 radical (unpaired) electrons. The Morgan fingerprint density at radius 2 is 1.96 bits per heavy atom. The molecule has 0 saturated carbocycles. The van der Waals surface area contributed by atoms with Crippen LogP contribution in [0.25, 0.3) is 5.69 Å². The Bertz CT molecular complexity index is 671. The number of piperidine rings is 1. The lowest BCUT2D eigenvalue weighted by molar-refractivity contribution is 0.0681. The second-order valence-electron chi connectivity index (χ2n) is 6.51. The van der Waals surface area contributed by atoms with Gasteiger partial charge in [0.1, 0.15) is 0 Å². The summed E-state index contributed by atoms with van der Waals surface area (Å²) < 4.78 is 1.66. The van der Waals surface area contributed by atoms with E-state index in [1.54, 1.807) is 10.9 Å². The maximum atomic E-state index is 12.6. The Hall–Kier alpha value is -2.21. The third-order valence-electron chi connectivity index (χ3n) is 4.72. The van der Waals surface area contributed by atoms with Gasteiger partial charge in [0, 0.05) is 13.1 Å². The van der Waals surface area contributed by atoms with E-state index >= 15 is 0 Å². The smallest absolute Gasteiger partial charge is 0.276 e. The van der Waals surface area contributed by atoms with E-state index in [-0.39, 0.29) is 5.91 Å². The summed E-state index contributed by atoms with van der Waals surface area (Å²) in [6, 6.07) is 8.00. The van der Waals surface area contributed by atoms with Gasteiger partial charge in [-0.3, -0.25) is 4.79 Å². The Morgan fingerprint density at radius 1 is 1.25 bits per heavy atom. The molecule has 1 aliphatic rings. The summed E-state index contributed by atoms with van der Waals surface area (Å²) in [5.74, 6) is 0.699. The quantitative estimate of drug-likeness (QED) is 0.913. The van der Waals surface area contributed by atoms with E-state index in [4.69, 9.17) is 0 Å². The lowest BCUT2D eigenvalue weighted by Gasteiger charge is -2.31. The molecule has 1 aliphatic heterocycles. The lowest BCUT2D eigenvalue weighted by atomic mass is 9.93. The van der Waals surface area contributed by atoms with Crippen LogP contribution in [0.3, 0.4) is 0 Å². The molecule has 0 spiro atoms. The second kappa shape index (κ2) is 7.57. The number of likely N-dealkylation sites (tertiary alicyclic amines) is 1. The number of hydrogen-bond donors (Lipinski definition) is 1. The van der Waals surface area contributed by atoms with Gasteiger partial charge < -0.3 is 10.2 Å². The van der Waals surface area contributed by atoms with Gasteiger partial charge in [0.25, 0.3) is 5.91 Å². The van der Waals surface area contributed by atoms with Gasteiger partial charge in [-0.1, -0.05) is 22.9 Å². The molecular weight excluding hydrogens is 302 g/mol. The summed E-state index contributed by atoms with van der Waals surface area (Å²) in [6.45, 7) is 4.71. The summed E-state index contributed by atoms with van der Waals surface area (Å²) in [6.07, 6.45) is 5.04. The highest BCUT2D eigenvalue weighted by molar-refractivity contribution is 5.92. The number of nitrogens with one attached hydrogen (secondary N) is 1. The van der Waals surface area contributed by atoms with Gasteiger partial charge in [-0.05, 0) is 57.8 Å². The number of benzene rings is 1. The van der Waals surface area contributed by atoms with E-state index in [0.29, 0.717) is 11.6 Å². The molecule has 2 heterocycles. The van der Waals surface area contributed by atoms with Crippen LogP contribution in [0.15, 0.2) is 30.5 Å². The first-order chi connectivity index (χ1) is 11.7. The largest absolute Gasteiger partial charge is 0.337 e. The van der Waals surface area contributed by atoms with Crippen molar-refractivity contribution in [1.29, 1.82) is 0 Å². The summed E-state index contributed by atoms with van der Waals surface area (Å²) in [4.78, 5) is 14.5. The van der Waals surface area contributed by atoms with Crippen molar-refractivity contribution in [3.05, 3.63) is 41.7 Å². The van der Waals surface area contributed by atoms with Gasteiger partial charge >= 0.3 is 0 Å². The third kappa shape index (κ3) is 3.82. The maximum Gasteiger partial charge on any atom is 0.276 e. The minimum atomic E-state index is -0.0135. The molecule has 6 nitrogen and oxygen atoms in total. The highest BCUT2D eigenvalue weighted by atomic mass is 16.2. The third-order valence-corrected chi connectivity index (χ3v) is 4.72. The molecule has 24 heavy (non-hydrogen) atoms. The van der Waals surface area contributed by atoms with Crippen LogP contribution in [-0.4, -0.2) is 52.5 Å². The number of carbonyl (C=O) groups is 1. The molecule has 2 aromatic rings. The maximum absolute atomic E-state index is 12.6. The number of hydrogen-bond acceptors (Lipinski definition) is 4. The molecule has 1 aromatic carbocycles. The van der Waals surface area contributed by atoms with Crippen LogP contribution in [0, 0.1) is 12.8 Å². The van der Waals surface area contributed by atoms with Gasteiger partial charge in [0.15, 0.2) is 5.69 Å². The number of rotatable bonds is 5. The van der Waals surface area contributed by atoms with Crippen LogP contribution in [0.4, 0.5) is 0 Å². The van der Waals surface area contributed by atoms with Crippen LogP contribution in [0.2, 0.25) is 0 Å². The summed E-state index contributed by atoms with van der Waals surface area (Å²) in [7, 11) is 1.98. The van der Waals surface area contributed by atoms with Gasteiger partial charge in [0.05, 0.1) is 11.9 Å². The van der Waals surface area contributed by atoms with Crippen molar-refractivity contribution in [2.75, 3.05) is 26.7 Å². The van der Waals surface area contributed by atoms with E-state index in [1.165, 1.54) is 12.0 Å². The fourth-order valence-electron chi connectivity index (χ4n) is 3.12. The van der Waals surface area contributed by atoms with E-state index < -0.39 is 0 Å². The van der Waals surface area contributed by atoms with Crippen molar-refractivity contribution < 1.29 is 4.79 Å². The Kier molecular flexibility index (Phi) is 5.25. The average Bonchev–Trinajstić information content (AvgIpc) is 3.10. The standard InChI is InChI=1S/C18H25N5O/c1-14-3-5-16(6-4-14)23-13-17(20-21-23)18(24)22-11-8-15(9-12-22)7-10-19-2/h3-6,13,15,19H,7-12H2,1-2H3. The van der Waals surface area contributed by atoms with Gasteiger partial charge in [0.2, 0.25) is 0 Å². The van der Waals surface area contributed by atoms with Crippen molar-refractivity contribution in [2.24, 2.45) is 5.92 Å². The Balaban J connectivity index is 1.61. The summed E-state index contributed by atoms with van der Waals surface area (Å²) in [5.41, 5.74) is 2.53. The lowest BCUT2D eigenvalue weighted by Crippen LogP contribution is -2.39. The van der Waals surface area contributed by atoms with Crippen molar-refractivity contribution in [3.8, 4) is 5.69 Å². The molecule has 0 unspecified atom stereocenters. The molecule has 0 aliphatic carbocycles. The molecule has 3 rings (SSSR count). The van der Waals surface area contributed by atoms with Crippen molar-refractivity contribution in [3.63, 3.8) is 0 Å². The molecule has 6 heteroatoms. The number of nitrogens with zero attached hydrogens (tertiary/aromatic N) is 4. The number of aromatic nitrogens is 3. The number of carbonyl (C=O) groups excluding carboxylic acids is 1. The van der Waals surface area contributed by atoms with Gasteiger partial charge in [-0.2, -0.15) is 0 Å². The van der Waals surface area contributed by atoms with Crippen LogP contribution in [0.1, 0.15) is 35.3 Å². The van der Waals surface area contributed by atoms with Crippen molar-refractivity contribution in [2.45, 2.75) is 26.2 Å². The highest BCUT2D eigenvalue weighted by Gasteiger charge is 2.25. The Morgan fingerprint density at radius 3 is 2.62 bits per heavy atom. The first-order valence-electron chi connectivity index (χ1n) is 8.60. The zero-order valence-electron chi connectivity index (χ0n) is 14.4. The molecule has 1 N–H and O–H groups in total. The van der Waals surface area contributed by atoms with Crippen molar-refractivity contribution in [1.82, 2.24) is 25.2 Å².